The van der Waals surface area contributed by atoms with Gasteiger partial charge in [0.05, 0.1) is 6.61 Å². The lowest BCUT2D eigenvalue weighted by atomic mass is 10.0. The summed E-state index contributed by atoms with van der Waals surface area (Å²) in [6.45, 7) is 8.57. The number of amides is 2. The van der Waals surface area contributed by atoms with E-state index in [0.29, 0.717) is 42.5 Å². The number of hydrogen-bond acceptors (Lipinski definition) is 6. The molecule has 0 bridgehead atoms. The van der Waals surface area contributed by atoms with Gasteiger partial charge in [-0.15, -0.1) is 0 Å². The second kappa shape index (κ2) is 13.1. The molecule has 2 amide bonds. The van der Waals surface area contributed by atoms with Crippen LogP contribution < -0.4 is 20.1 Å². The minimum atomic E-state index is -0.791. The number of hydrogen-bond donors (Lipinski definition) is 2. The average Bonchev–Trinajstić information content (AvgIpc) is 2.79. The maximum Gasteiger partial charge on any atom is 0.513 e. The summed E-state index contributed by atoms with van der Waals surface area (Å²) in [5.41, 5.74) is 1.49. The summed E-state index contributed by atoms with van der Waals surface area (Å²) in [4.78, 5) is 35.8. The standard InChI is InChI=1S/C25H32N2O6/c1-5-31-25(30)33-20-13-11-19(12-14-20)24(29)27-16-8-15-26-23(28)18(4)32-22-10-7-6-9-21(22)17(2)3/h6-7,9-14,17-18H,5,8,15-16H2,1-4H3,(H,26,28)(H,27,29). The highest BCUT2D eigenvalue weighted by atomic mass is 16.7. The quantitative estimate of drug-likeness (QED) is 0.300. The van der Waals surface area contributed by atoms with E-state index in [-0.39, 0.29) is 18.4 Å². The Kier molecular flexibility index (Phi) is 10.2. The predicted molar refractivity (Wildman–Crippen MR) is 125 cm³/mol. The predicted octanol–water partition coefficient (Wildman–Crippen LogP) is 4.05. The number of rotatable bonds is 11. The molecule has 2 aromatic carbocycles. The lowest BCUT2D eigenvalue weighted by molar-refractivity contribution is -0.127. The van der Waals surface area contributed by atoms with Gasteiger partial charge < -0.3 is 24.8 Å². The number of para-hydroxylation sites is 1. The first kappa shape index (κ1) is 25.7. The van der Waals surface area contributed by atoms with Crippen LogP contribution in [0, 0.1) is 0 Å². The van der Waals surface area contributed by atoms with Crippen molar-refractivity contribution < 1.29 is 28.6 Å². The van der Waals surface area contributed by atoms with Crippen LogP contribution in [-0.2, 0) is 9.53 Å². The van der Waals surface area contributed by atoms with Crippen LogP contribution in [0.4, 0.5) is 4.79 Å². The summed E-state index contributed by atoms with van der Waals surface area (Å²) in [7, 11) is 0. The van der Waals surface area contributed by atoms with E-state index in [1.165, 1.54) is 12.1 Å². The molecule has 0 aromatic heterocycles. The number of carbonyl (C=O) groups is 3. The van der Waals surface area contributed by atoms with Crippen LogP contribution in [-0.4, -0.2) is 43.8 Å². The van der Waals surface area contributed by atoms with Crippen LogP contribution in [0.15, 0.2) is 48.5 Å². The van der Waals surface area contributed by atoms with E-state index < -0.39 is 12.3 Å². The second-order valence-electron chi connectivity index (χ2n) is 7.66. The summed E-state index contributed by atoms with van der Waals surface area (Å²) in [5.74, 6) is 0.825. The summed E-state index contributed by atoms with van der Waals surface area (Å²) >= 11 is 0. The van der Waals surface area contributed by atoms with Gasteiger partial charge in [-0.1, -0.05) is 32.0 Å². The fourth-order valence-electron chi connectivity index (χ4n) is 2.97. The third-order valence-electron chi connectivity index (χ3n) is 4.73. The first-order valence-corrected chi connectivity index (χ1v) is 11.1. The molecular formula is C25H32N2O6. The normalized spacial score (nSPS) is 11.4. The maximum absolute atomic E-state index is 12.3. The Morgan fingerprint density at radius 1 is 0.909 bits per heavy atom. The van der Waals surface area contributed by atoms with Crippen molar-refractivity contribution in [3.63, 3.8) is 0 Å². The summed E-state index contributed by atoms with van der Waals surface area (Å²) < 4.78 is 15.5. The SMILES string of the molecule is CCOC(=O)Oc1ccc(C(=O)NCCCNC(=O)C(C)Oc2ccccc2C(C)C)cc1. The van der Waals surface area contributed by atoms with Crippen LogP contribution in [0.3, 0.4) is 0 Å². The molecule has 0 heterocycles. The number of ether oxygens (including phenoxy) is 3. The molecule has 0 saturated carbocycles. The van der Waals surface area contributed by atoms with Gasteiger partial charge in [-0.3, -0.25) is 9.59 Å². The van der Waals surface area contributed by atoms with E-state index >= 15 is 0 Å². The molecule has 1 atom stereocenters. The van der Waals surface area contributed by atoms with E-state index in [0.717, 1.165) is 5.56 Å². The molecule has 0 saturated heterocycles. The lowest BCUT2D eigenvalue weighted by Crippen LogP contribution is -2.38. The number of benzene rings is 2. The van der Waals surface area contributed by atoms with Crippen LogP contribution in [0.25, 0.3) is 0 Å². The topological polar surface area (TPSA) is 103 Å². The van der Waals surface area contributed by atoms with Crippen LogP contribution in [0.1, 0.15) is 56.0 Å². The van der Waals surface area contributed by atoms with Crippen LogP contribution >= 0.6 is 0 Å². The van der Waals surface area contributed by atoms with E-state index in [2.05, 4.69) is 24.5 Å². The molecule has 0 aliphatic rings. The van der Waals surface area contributed by atoms with Crippen molar-refractivity contribution in [3.05, 3.63) is 59.7 Å². The Morgan fingerprint density at radius 2 is 1.58 bits per heavy atom. The van der Waals surface area contributed by atoms with Crippen molar-refractivity contribution in [2.24, 2.45) is 0 Å². The Balaban J connectivity index is 1.69. The maximum atomic E-state index is 12.3. The van der Waals surface area contributed by atoms with Gasteiger partial charge in [0, 0.05) is 18.7 Å². The zero-order valence-electron chi connectivity index (χ0n) is 19.6. The van der Waals surface area contributed by atoms with E-state index in [1.54, 1.807) is 26.0 Å². The van der Waals surface area contributed by atoms with Crippen molar-refractivity contribution >= 4 is 18.0 Å². The second-order valence-corrected chi connectivity index (χ2v) is 7.66. The van der Waals surface area contributed by atoms with Gasteiger partial charge in [-0.2, -0.15) is 0 Å². The highest BCUT2D eigenvalue weighted by Gasteiger charge is 2.17. The van der Waals surface area contributed by atoms with E-state index in [1.807, 2.05) is 24.3 Å². The fourth-order valence-corrected chi connectivity index (χ4v) is 2.97. The van der Waals surface area contributed by atoms with Gasteiger partial charge in [0.15, 0.2) is 6.10 Å². The minimum Gasteiger partial charge on any atom is -0.481 e. The summed E-state index contributed by atoms with van der Waals surface area (Å²) in [6, 6.07) is 13.8. The number of nitrogens with one attached hydrogen (secondary N) is 2. The molecule has 33 heavy (non-hydrogen) atoms. The molecular weight excluding hydrogens is 424 g/mol. The third kappa shape index (κ3) is 8.48. The largest absolute Gasteiger partial charge is 0.513 e. The molecule has 0 fully saturated rings. The molecule has 0 aliphatic carbocycles. The molecule has 0 aliphatic heterocycles. The smallest absolute Gasteiger partial charge is 0.481 e. The minimum absolute atomic E-state index is 0.211. The van der Waals surface area contributed by atoms with Crippen molar-refractivity contribution in [1.82, 2.24) is 10.6 Å². The zero-order chi connectivity index (χ0) is 24.2. The number of carbonyl (C=O) groups excluding carboxylic acids is 3. The van der Waals surface area contributed by atoms with Gasteiger partial charge in [0.1, 0.15) is 11.5 Å². The molecule has 2 rings (SSSR count). The molecule has 8 heteroatoms. The molecule has 1 unspecified atom stereocenters. The molecule has 8 nitrogen and oxygen atoms in total. The Labute approximate surface area is 194 Å². The molecule has 178 valence electrons. The Hall–Kier alpha value is -3.55. The molecule has 0 radical (unpaired) electrons. The highest BCUT2D eigenvalue weighted by Crippen LogP contribution is 2.26. The van der Waals surface area contributed by atoms with Gasteiger partial charge in [-0.05, 0) is 62.1 Å². The van der Waals surface area contributed by atoms with Gasteiger partial charge >= 0.3 is 6.16 Å². The van der Waals surface area contributed by atoms with Crippen molar-refractivity contribution in [1.29, 1.82) is 0 Å². The first-order valence-electron chi connectivity index (χ1n) is 11.1. The van der Waals surface area contributed by atoms with Gasteiger partial charge in [0.25, 0.3) is 11.8 Å². The van der Waals surface area contributed by atoms with E-state index in [4.69, 9.17) is 14.2 Å². The Morgan fingerprint density at radius 3 is 2.24 bits per heavy atom. The van der Waals surface area contributed by atoms with Crippen molar-refractivity contribution in [2.45, 2.75) is 46.1 Å². The van der Waals surface area contributed by atoms with E-state index in [9.17, 15) is 14.4 Å². The van der Waals surface area contributed by atoms with Gasteiger partial charge in [0.2, 0.25) is 0 Å². The molecule has 0 spiro atoms. The summed E-state index contributed by atoms with van der Waals surface area (Å²) in [5, 5.41) is 5.61. The lowest BCUT2D eigenvalue weighted by Gasteiger charge is -2.18. The average molecular weight is 457 g/mol. The van der Waals surface area contributed by atoms with Gasteiger partial charge in [-0.25, -0.2) is 4.79 Å². The first-order chi connectivity index (χ1) is 15.8. The van der Waals surface area contributed by atoms with Crippen LogP contribution in [0.2, 0.25) is 0 Å². The zero-order valence-corrected chi connectivity index (χ0v) is 19.6. The monoisotopic (exact) mass is 456 g/mol. The summed E-state index contributed by atoms with van der Waals surface area (Å²) in [6.07, 6.45) is -0.855. The van der Waals surface area contributed by atoms with Crippen molar-refractivity contribution in [3.8, 4) is 11.5 Å². The fraction of sp³-hybridized carbons (Fsp3) is 0.400. The molecule has 2 N–H and O–H groups in total. The van der Waals surface area contributed by atoms with Crippen LogP contribution in [0.5, 0.6) is 11.5 Å². The van der Waals surface area contributed by atoms with Crippen molar-refractivity contribution in [2.75, 3.05) is 19.7 Å². The molecule has 2 aromatic rings. The Bertz CT molecular complexity index is 927. The third-order valence-corrected chi connectivity index (χ3v) is 4.73. The highest BCUT2D eigenvalue weighted by molar-refractivity contribution is 5.94.